The van der Waals surface area contributed by atoms with Crippen molar-refractivity contribution in [1.82, 2.24) is 10.2 Å². The van der Waals surface area contributed by atoms with Gasteiger partial charge in [0.2, 0.25) is 0 Å². The second kappa shape index (κ2) is 6.41. The van der Waals surface area contributed by atoms with E-state index < -0.39 is 0 Å². The molecule has 0 spiro atoms. The minimum Gasteiger partial charge on any atom is -0.497 e. The molecule has 0 bridgehead atoms. The molecule has 0 aliphatic rings. The Morgan fingerprint density at radius 1 is 1.05 bits per heavy atom. The Morgan fingerprint density at radius 2 is 1.86 bits per heavy atom. The SMILES string of the molecule is COc1ccc(Nc2[nH]ncc2Nc2cccc(Cl)c2)cc1. The number of benzene rings is 2. The summed E-state index contributed by atoms with van der Waals surface area (Å²) >= 11 is 5.99. The molecule has 5 nitrogen and oxygen atoms in total. The first kappa shape index (κ1) is 14.3. The molecule has 3 rings (SSSR count). The lowest BCUT2D eigenvalue weighted by Crippen LogP contribution is -1.96. The number of aromatic amines is 1. The number of hydrogen-bond acceptors (Lipinski definition) is 4. The molecular weight excluding hydrogens is 300 g/mol. The molecule has 0 saturated carbocycles. The van der Waals surface area contributed by atoms with Crippen molar-refractivity contribution in [2.75, 3.05) is 17.7 Å². The number of nitrogens with one attached hydrogen (secondary N) is 3. The maximum atomic E-state index is 5.99. The van der Waals surface area contributed by atoms with Gasteiger partial charge in [0.1, 0.15) is 17.3 Å². The molecule has 0 aliphatic carbocycles. The zero-order valence-electron chi connectivity index (χ0n) is 11.9. The summed E-state index contributed by atoms with van der Waals surface area (Å²) in [6.07, 6.45) is 1.72. The quantitative estimate of drug-likeness (QED) is 0.646. The number of rotatable bonds is 5. The van der Waals surface area contributed by atoms with Crippen LogP contribution in [0.2, 0.25) is 5.02 Å². The summed E-state index contributed by atoms with van der Waals surface area (Å²) in [6, 6.07) is 15.2. The lowest BCUT2D eigenvalue weighted by atomic mass is 10.3. The molecule has 1 aromatic heterocycles. The third-order valence-electron chi connectivity index (χ3n) is 3.10. The second-order valence-electron chi connectivity index (χ2n) is 4.65. The largest absolute Gasteiger partial charge is 0.497 e. The minimum atomic E-state index is 0.679. The van der Waals surface area contributed by atoms with E-state index >= 15 is 0 Å². The van der Waals surface area contributed by atoms with Crippen molar-refractivity contribution in [2.45, 2.75) is 0 Å². The highest BCUT2D eigenvalue weighted by atomic mass is 35.5. The monoisotopic (exact) mass is 314 g/mol. The van der Waals surface area contributed by atoms with Crippen LogP contribution >= 0.6 is 11.6 Å². The molecule has 3 N–H and O–H groups in total. The van der Waals surface area contributed by atoms with E-state index in [-0.39, 0.29) is 0 Å². The van der Waals surface area contributed by atoms with Gasteiger partial charge in [-0.15, -0.1) is 0 Å². The maximum absolute atomic E-state index is 5.99. The Morgan fingerprint density at radius 3 is 2.59 bits per heavy atom. The fraction of sp³-hybridized carbons (Fsp3) is 0.0625. The van der Waals surface area contributed by atoms with E-state index in [1.807, 2.05) is 48.5 Å². The molecule has 22 heavy (non-hydrogen) atoms. The van der Waals surface area contributed by atoms with Crippen LogP contribution in [0.1, 0.15) is 0 Å². The Bertz CT molecular complexity index is 755. The summed E-state index contributed by atoms with van der Waals surface area (Å²) in [5.41, 5.74) is 2.66. The fourth-order valence-corrected chi connectivity index (χ4v) is 2.21. The highest BCUT2D eigenvalue weighted by Crippen LogP contribution is 2.27. The molecule has 0 unspecified atom stereocenters. The van der Waals surface area contributed by atoms with Crippen LogP contribution in [-0.2, 0) is 0 Å². The molecule has 0 fully saturated rings. The van der Waals surface area contributed by atoms with E-state index in [0.29, 0.717) is 5.02 Å². The highest BCUT2D eigenvalue weighted by Gasteiger charge is 2.06. The van der Waals surface area contributed by atoms with Gasteiger partial charge in [0.05, 0.1) is 13.3 Å². The zero-order chi connectivity index (χ0) is 15.4. The number of anilines is 4. The molecule has 3 aromatic rings. The van der Waals surface area contributed by atoms with E-state index in [4.69, 9.17) is 16.3 Å². The number of ether oxygens (including phenoxy) is 1. The summed E-state index contributed by atoms with van der Waals surface area (Å²) in [4.78, 5) is 0. The lowest BCUT2D eigenvalue weighted by Gasteiger charge is -2.09. The standard InChI is InChI=1S/C16H15ClN4O/c1-22-14-7-5-12(6-8-14)20-16-15(10-18-21-16)19-13-4-2-3-11(17)9-13/h2-10,19H,1H3,(H2,18,20,21). The van der Waals surface area contributed by atoms with Gasteiger partial charge in [-0.1, -0.05) is 17.7 Å². The number of nitrogens with zero attached hydrogens (tertiary/aromatic N) is 1. The maximum Gasteiger partial charge on any atom is 0.150 e. The molecule has 0 saturated heterocycles. The van der Waals surface area contributed by atoms with E-state index in [0.717, 1.165) is 28.6 Å². The van der Waals surface area contributed by atoms with Crippen molar-refractivity contribution in [3.63, 3.8) is 0 Å². The van der Waals surface area contributed by atoms with Gasteiger partial charge in [0, 0.05) is 16.4 Å². The number of aromatic nitrogens is 2. The summed E-state index contributed by atoms with van der Waals surface area (Å²) < 4.78 is 5.15. The highest BCUT2D eigenvalue weighted by molar-refractivity contribution is 6.30. The predicted octanol–water partition coefficient (Wildman–Crippen LogP) is 4.56. The van der Waals surface area contributed by atoms with Gasteiger partial charge in [-0.3, -0.25) is 5.10 Å². The third kappa shape index (κ3) is 3.32. The minimum absolute atomic E-state index is 0.679. The molecule has 0 aliphatic heterocycles. The zero-order valence-corrected chi connectivity index (χ0v) is 12.7. The van der Waals surface area contributed by atoms with Gasteiger partial charge in [0.15, 0.2) is 0 Å². The van der Waals surface area contributed by atoms with E-state index in [9.17, 15) is 0 Å². The van der Waals surface area contributed by atoms with Crippen LogP contribution < -0.4 is 15.4 Å². The van der Waals surface area contributed by atoms with E-state index in [1.165, 1.54) is 0 Å². The van der Waals surface area contributed by atoms with E-state index in [1.54, 1.807) is 13.3 Å². The van der Waals surface area contributed by atoms with Crippen LogP contribution in [0, 0.1) is 0 Å². The Hall–Kier alpha value is -2.66. The molecule has 1 heterocycles. The Kier molecular flexibility index (Phi) is 4.16. The van der Waals surface area contributed by atoms with Crippen LogP contribution in [0.25, 0.3) is 0 Å². The first-order valence-corrected chi connectivity index (χ1v) is 7.09. The first-order chi connectivity index (χ1) is 10.7. The molecule has 0 amide bonds. The smallest absolute Gasteiger partial charge is 0.150 e. The van der Waals surface area contributed by atoms with Crippen molar-refractivity contribution in [3.8, 4) is 5.75 Å². The summed E-state index contributed by atoms with van der Waals surface area (Å²) in [5, 5.41) is 14.2. The predicted molar refractivity (Wildman–Crippen MR) is 89.6 cm³/mol. The van der Waals surface area contributed by atoms with Crippen molar-refractivity contribution in [1.29, 1.82) is 0 Å². The summed E-state index contributed by atoms with van der Waals surface area (Å²) in [5.74, 6) is 1.58. The normalized spacial score (nSPS) is 10.3. The van der Waals surface area contributed by atoms with Gasteiger partial charge in [0.25, 0.3) is 0 Å². The number of hydrogen-bond donors (Lipinski definition) is 3. The van der Waals surface area contributed by atoms with Gasteiger partial charge < -0.3 is 15.4 Å². The average molecular weight is 315 g/mol. The van der Waals surface area contributed by atoms with E-state index in [2.05, 4.69) is 20.8 Å². The number of halogens is 1. The van der Waals surface area contributed by atoms with Crippen LogP contribution in [-0.4, -0.2) is 17.3 Å². The van der Waals surface area contributed by atoms with Gasteiger partial charge in [-0.05, 0) is 42.5 Å². The van der Waals surface area contributed by atoms with Crippen molar-refractivity contribution in [2.24, 2.45) is 0 Å². The molecule has 6 heteroatoms. The second-order valence-corrected chi connectivity index (χ2v) is 5.08. The first-order valence-electron chi connectivity index (χ1n) is 6.71. The number of H-pyrrole nitrogens is 1. The van der Waals surface area contributed by atoms with Crippen molar-refractivity contribution >= 4 is 34.5 Å². The van der Waals surface area contributed by atoms with Crippen LogP contribution in [0.4, 0.5) is 22.9 Å². The number of methoxy groups -OCH3 is 1. The molecule has 2 aromatic carbocycles. The fourth-order valence-electron chi connectivity index (χ4n) is 2.02. The van der Waals surface area contributed by atoms with Crippen molar-refractivity contribution < 1.29 is 4.74 Å². The lowest BCUT2D eigenvalue weighted by molar-refractivity contribution is 0.415. The van der Waals surface area contributed by atoms with Crippen LogP contribution in [0.15, 0.2) is 54.7 Å². The topological polar surface area (TPSA) is 62.0 Å². The van der Waals surface area contributed by atoms with Gasteiger partial charge in [-0.25, -0.2) is 0 Å². The molecule has 0 radical (unpaired) electrons. The molecular formula is C16H15ClN4O. The third-order valence-corrected chi connectivity index (χ3v) is 3.34. The van der Waals surface area contributed by atoms with Gasteiger partial charge >= 0.3 is 0 Å². The van der Waals surface area contributed by atoms with Crippen LogP contribution in [0.3, 0.4) is 0 Å². The van der Waals surface area contributed by atoms with Gasteiger partial charge in [-0.2, -0.15) is 5.10 Å². The Balaban J connectivity index is 1.76. The Labute approximate surface area is 133 Å². The summed E-state index contributed by atoms with van der Waals surface area (Å²) in [6.45, 7) is 0. The average Bonchev–Trinajstić information content (AvgIpc) is 2.95. The van der Waals surface area contributed by atoms with Crippen LogP contribution in [0.5, 0.6) is 5.75 Å². The molecule has 112 valence electrons. The van der Waals surface area contributed by atoms with Crippen molar-refractivity contribution in [3.05, 3.63) is 59.8 Å². The summed E-state index contributed by atoms with van der Waals surface area (Å²) in [7, 11) is 1.64. The molecule has 0 atom stereocenters.